The molecular formula is C27H26N2O3. The van der Waals surface area contributed by atoms with Crippen molar-refractivity contribution in [2.75, 3.05) is 23.5 Å². The summed E-state index contributed by atoms with van der Waals surface area (Å²) in [6.45, 7) is 6.42. The molecule has 0 bridgehead atoms. The zero-order chi connectivity index (χ0) is 22.8. The summed E-state index contributed by atoms with van der Waals surface area (Å²) in [5.74, 6) is -0.239. The molecule has 5 heteroatoms. The predicted molar refractivity (Wildman–Crippen MR) is 128 cm³/mol. The molecular weight excluding hydrogens is 400 g/mol. The van der Waals surface area contributed by atoms with Crippen LogP contribution in [-0.2, 0) is 9.59 Å². The molecule has 0 unspecified atom stereocenters. The Morgan fingerprint density at radius 3 is 2.12 bits per heavy atom. The normalized spacial score (nSPS) is 13.7. The van der Waals surface area contributed by atoms with Gasteiger partial charge in [-0.25, -0.2) is 4.90 Å². The number of hydrogen-bond donors (Lipinski definition) is 0. The fourth-order valence-corrected chi connectivity index (χ4v) is 4.02. The molecule has 4 rings (SSSR count). The summed E-state index contributed by atoms with van der Waals surface area (Å²) in [7, 11) is 1.54. The van der Waals surface area contributed by atoms with E-state index in [1.807, 2.05) is 92.4 Å². The van der Waals surface area contributed by atoms with Crippen LogP contribution in [0.1, 0.15) is 23.6 Å². The van der Waals surface area contributed by atoms with Gasteiger partial charge in [0.2, 0.25) is 0 Å². The fourth-order valence-electron chi connectivity index (χ4n) is 4.02. The number of nitrogens with zero attached hydrogens (tertiary/aromatic N) is 2. The molecule has 0 atom stereocenters. The van der Waals surface area contributed by atoms with Crippen molar-refractivity contribution in [3.63, 3.8) is 0 Å². The predicted octanol–water partition coefficient (Wildman–Crippen LogP) is 5.12. The maximum Gasteiger partial charge on any atom is 0.282 e. The Balaban J connectivity index is 1.93. The molecule has 0 saturated heterocycles. The number of carbonyl (C=O) groups excluding carboxylic acids is 2. The van der Waals surface area contributed by atoms with Gasteiger partial charge in [0, 0.05) is 12.2 Å². The number of methoxy groups -OCH3 is 1. The minimum atomic E-state index is -0.361. The summed E-state index contributed by atoms with van der Waals surface area (Å²) < 4.78 is 5.49. The highest BCUT2D eigenvalue weighted by molar-refractivity contribution is 6.46. The van der Waals surface area contributed by atoms with E-state index in [0.29, 0.717) is 34.8 Å². The summed E-state index contributed by atoms with van der Waals surface area (Å²) in [6, 6.07) is 22.8. The summed E-state index contributed by atoms with van der Waals surface area (Å²) in [5, 5.41) is 0. The molecule has 3 aromatic carbocycles. The number of para-hydroxylation sites is 1. The number of carbonyl (C=O) groups is 2. The van der Waals surface area contributed by atoms with Crippen LogP contribution in [0.4, 0.5) is 11.4 Å². The molecule has 162 valence electrons. The van der Waals surface area contributed by atoms with Crippen LogP contribution in [0, 0.1) is 13.8 Å². The van der Waals surface area contributed by atoms with Gasteiger partial charge in [0.15, 0.2) is 0 Å². The number of benzene rings is 3. The lowest BCUT2D eigenvalue weighted by atomic mass is 10.0. The Hall–Kier alpha value is -3.86. The van der Waals surface area contributed by atoms with E-state index in [0.717, 1.165) is 16.8 Å². The van der Waals surface area contributed by atoms with Crippen molar-refractivity contribution < 1.29 is 14.3 Å². The Labute approximate surface area is 188 Å². The minimum Gasteiger partial charge on any atom is -0.495 e. The number of rotatable bonds is 6. The highest BCUT2D eigenvalue weighted by Gasteiger charge is 2.43. The molecule has 0 aromatic heterocycles. The SMILES string of the molecule is CCN(C1=C(c2ccc(C)cc2)C(=O)N(c2cc(C)ccc2OC)C1=O)c1ccccc1. The lowest BCUT2D eigenvalue weighted by Crippen LogP contribution is -2.35. The molecule has 0 spiro atoms. The van der Waals surface area contributed by atoms with Gasteiger partial charge >= 0.3 is 0 Å². The van der Waals surface area contributed by atoms with Crippen LogP contribution in [0.3, 0.4) is 0 Å². The number of ether oxygens (including phenoxy) is 1. The van der Waals surface area contributed by atoms with Gasteiger partial charge in [-0.05, 0) is 56.2 Å². The smallest absolute Gasteiger partial charge is 0.282 e. The first-order chi connectivity index (χ1) is 15.5. The molecule has 0 saturated carbocycles. The Morgan fingerprint density at radius 1 is 0.844 bits per heavy atom. The average Bonchev–Trinajstić information content (AvgIpc) is 3.05. The van der Waals surface area contributed by atoms with Crippen LogP contribution < -0.4 is 14.5 Å². The van der Waals surface area contributed by atoms with Gasteiger partial charge in [-0.1, -0.05) is 54.1 Å². The highest BCUT2D eigenvalue weighted by atomic mass is 16.5. The van der Waals surface area contributed by atoms with Gasteiger partial charge in [0.05, 0.1) is 18.4 Å². The molecule has 32 heavy (non-hydrogen) atoms. The zero-order valence-corrected chi connectivity index (χ0v) is 18.8. The second-order valence-corrected chi connectivity index (χ2v) is 7.79. The van der Waals surface area contributed by atoms with Crippen LogP contribution in [0.5, 0.6) is 5.75 Å². The van der Waals surface area contributed by atoms with E-state index >= 15 is 0 Å². The maximum atomic E-state index is 13.9. The molecule has 0 N–H and O–H groups in total. The second kappa shape index (κ2) is 8.71. The zero-order valence-electron chi connectivity index (χ0n) is 18.8. The van der Waals surface area contributed by atoms with Crippen molar-refractivity contribution in [2.45, 2.75) is 20.8 Å². The van der Waals surface area contributed by atoms with Gasteiger partial charge in [-0.15, -0.1) is 0 Å². The van der Waals surface area contributed by atoms with E-state index in [1.165, 1.54) is 12.0 Å². The van der Waals surface area contributed by atoms with E-state index in [4.69, 9.17) is 4.74 Å². The summed E-state index contributed by atoms with van der Waals surface area (Å²) >= 11 is 0. The molecule has 3 aromatic rings. The number of likely N-dealkylation sites (N-methyl/N-ethyl adjacent to an activating group) is 1. The third kappa shape index (κ3) is 3.66. The molecule has 0 radical (unpaired) electrons. The first-order valence-electron chi connectivity index (χ1n) is 10.6. The molecule has 1 aliphatic rings. The number of anilines is 2. The number of imide groups is 1. The fraction of sp³-hybridized carbons (Fsp3) is 0.185. The van der Waals surface area contributed by atoms with E-state index in [1.54, 1.807) is 6.07 Å². The molecule has 1 heterocycles. The van der Waals surface area contributed by atoms with Crippen LogP contribution in [0.15, 0.2) is 78.5 Å². The largest absolute Gasteiger partial charge is 0.495 e. The topological polar surface area (TPSA) is 49.9 Å². The van der Waals surface area contributed by atoms with Crippen molar-refractivity contribution >= 4 is 28.8 Å². The van der Waals surface area contributed by atoms with Crippen LogP contribution in [-0.4, -0.2) is 25.5 Å². The van der Waals surface area contributed by atoms with Gasteiger partial charge in [-0.3, -0.25) is 9.59 Å². The summed E-state index contributed by atoms with van der Waals surface area (Å²) in [5.41, 5.74) is 4.80. The molecule has 1 aliphatic heterocycles. The van der Waals surface area contributed by atoms with E-state index in [-0.39, 0.29) is 11.8 Å². The number of amides is 2. The summed E-state index contributed by atoms with van der Waals surface area (Å²) in [6.07, 6.45) is 0. The first kappa shape index (κ1) is 21.4. The Kier molecular flexibility index (Phi) is 5.82. The Bertz CT molecular complexity index is 1200. The van der Waals surface area contributed by atoms with E-state index in [2.05, 4.69) is 0 Å². The maximum absolute atomic E-state index is 13.9. The third-order valence-corrected chi connectivity index (χ3v) is 5.63. The molecule has 5 nitrogen and oxygen atoms in total. The Morgan fingerprint density at radius 2 is 1.50 bits per heavy atom. The average molecular weight is 427 g/mol. The minimum absolute atomic E-state index is 0.355. The lowest BCUT2D eigenvalue weighted by molar-refractivity contribution is -0.120. The number of hydrogen-bond acceptors (Lipinski definition) is 4. The van der Waals surface area contributed by atoms with Gasteiger partial charge in [0.25, 0.3) is 11.8 Å². The molecule has 0 aliphatic carbocycles. The first-order valence-corrected chi connectivity index (χ1v) is 10.6. The van der Waals surface area contributed by atoms with Gasteiger partial charge < -0.3 is 9.64 Å². The lowest BCUT2D eigenvalue weighted by Gasteiger charge is -2.25. The van der Waals surface area contributed by atoms with Crippen molar-refractivity contribution in [2.24, 2.45) is 0 Å². The van der Waals surface area contributed by atoms with Crippen molar-refractivity contribution in [3.8, 4) is 5.75 Å². The van der Waals surface area contributed by atoms with Gasteiger partial charge in [-0.2, -0.15) is 0 Å². The van der Waals surface area contributed by atoms with Gasteiger partial charge in [0.1, 0.15) is 11.4 Å². The quantitative estimate of drug-likeness (QED) is 0.513. The van der Waals surface area contributed by atoms with E-state index < -0.39 is 0 Å². The monoisotopic (exact) mass is 426 g/mol. The van der Waals surface area contributed by atoms with Crippen LogP contribution >= 0.6 is 0 Å². The highest BCUT2D eigenvalue weighted by Crippen LogP contribution is 2.40. The third-order valence-electron chi connectivity index (χ3n) is 5.63. The number of aryl methyl sites for hydroxylation is 2. The van der Waals surface area contributed by atoms with Crippen LogP contribution in [0.2, 0.25) is 0 Å². The molecule has 2 amide bonds. The van der Waals surface area contributed by atoms with Crippen molar-refractivity contribution in [3.05, 3.63) is 95.2 Å². The summed E-state index contributed by atoms with van der Waals surface area (Å²) in [4.78, 5) is 30.8. The molecule has 0 fully saturated rings. The van der Waals surface area contributed by atoms with Crippen molar-refractivity contribution in [1.29, 1.82) is 0 Å². The second-order valence-electron chi connectivity index (χ2n) is 7.79. The van der Waals surface area contributed by atoms with Crippen LogP contribution in [0.25, 0.3) is 5.57 Å². The van der Waals surface area contributed by atoms with Crippen molar-refractivity contribution in [1.82, 2.24) is 0 Å². The standard InChI is InChI=1S/C27H26N2O3/c1-5-28(21-9-7-6-8-10-21)25-24(20-14-11-18(2)12-15-20)26(30)29(27(25)31)22-17-19(3)13-16-23(22)32-4/h6-17H,5H2,1-4H3. The van der Waals surface area contributed by atoms with E-state index in [9.17, 15) is 9.59 Å².